The highest BCUT2D eigenvalue weighted by molar-refractivity contribution is 5.66. The number of ether oxygens (including phenoxy) is 2. The Hall–Kier alpha value is -1.42. The quantitative estimate of drug-likeness (QED) is 0.346. The molecule has 0 aromatic heterocycles. The Kier molecular flexibility index (Phi) is 10.1. The van der Waals surface area contributed by atoms with Crippen LogP contribution in [0.5, 0.6) is 0 Å². The average molecular weight is 408 g/mol. The Morgan fingerprint density at radius 2 is 1.93 bits per heavy atom. The maximum absolute atomic E-state index is 10.6. The zero-order valence-electron chi connectivity index (χ0n) is 17.7. The van der Waals surface area contributed by atoms with Crippen molar-refractivity contribution in [3.63, 3.8) is 0 Å². The van der Waals surface area contributed by atoms with E-state index in [1.54, 1.807) is 0 Å². The topological polar surface area (TPSA) is 99.8 Å². The number of aliphatic hydroxyl groups is 1. The van der Waals surface area contributed by atoms with Gasteiger partial charge in [0.15, 0.2) is 5.79 Å². The van der Waals surface area contributed by atoms with Crippen LogP contribution >= 0.6 is 0 Å². The molecular formula is C23H37NO5. The van der Waals surface area contributed by atoms with Gasteiger partial charge in [-0.15, -0.1) is 0 Å². The molecule has 4 atom stereocenters. The molecule has 1 aliphatic carbocycles. The average Bonchev–Trinajstić information content (AvgIpc) is 3.28. The van der Waals surface area contributed by atoms with Crippen LogP contribution < -0.4 is 0 Å². The van der Waals surface area contributed by atoms with Gasteiger partial charge >= 0.3 is 5.97 Å². The van der Waals surface area contributed by atoms with E-state index >= 15 is 0 Å². The molecule has 2 N–H and O–H groups in total. The van der Waals surface area contributed by atoms with Gasteiger partial charge in [0, 0.05) is 24.7 Å². The number of hydrogen-bond acceptors (Lipinski definition) is 5. The lowest BCUT2D eigenvalue weighted by molar-refractivity contribution is -0.186. The lowest BCUT2D eigenvalue weighted by atomic mass is 9.84. The highest BCUT2D eigenvalue weighted by Crippen LogP contribution is 2.51. The predicted molar refractivity (Wildman–Crippen MR) is 110 cm³/mol. The second kappa shape index (κ2) is 12.3. The number of nitrogens with zero attached hydrogens (tertiary/aromatic N) is 1. The van der Waals surface area contributed by atoms with Crippen molar-refractivity contribution in [1.82, 2.24) is 0 Å². The van der Waals surface area contributed by atoms with Crippen molar-refractivity contribution in [2.45, 2.75) is 89.4 Å². The van der Waals surface area contributed by atoms with Crippen molar-refractivity contribution in [2.75, 3.05) is 13.2 Å². The summed E-state index contributed by atoms with van der Waals surface area (Å²) in [6.45, 7) is 3.26. The van der Waals surface area contributed by atoms with Gasteiger partial charge in [0.1, 0.15) is 0 Å². The largest absolute Gasteiger partial charge is 0.481 e. The molecule has 0 amide bonds. The minimum Gasteiger partial charge on any atom is -0.481 e. The molecule has 1 unspecified atom stereocenters. The van der Waals surface area contributed by atoms with Crippen molar-refractivity contribution in [3.8, 4) is 6.07 Å². The van der Waals surface area contributed by atoms with E-state index in [0.29, 0.717) is 26.1 Å². The fraction of sp³-hybridized carbons (Fsp3) is 0.826. The predicted octanol–water partition coefficient (Wildman–Crippen LogP) is 4.43. The Balaban J connectivity index is 1.97. The molecule has 1 saturated carbocycles. The molecule has 6 nitrogen and oxygen atoms in total. The summed E-state index contributed by atoms with van der Waals surface area (Å²) in [5, 5.41) is 28.7. The molecule has 1 aliphatic heterocycles. The number of carboxylic acids is 1. The van der Waals surface area contributed by atoms with E-state index in [1.807, 2.05) is 12.2 Å². The third kappa shape index (κ3) is 7.09. The first-order chi connectivity index (χ1) is 14.0. The number of allylic oxidation sites excluding steroid dienone is 1. The lowest BCUT2D eigenvalue weighted by Gasteiger charge is -2.31. The fourth-order valence-electron chi connectivity index (χ4n) is 4.73. The number of aliphatic hydroxyl groups excluding tert-OH is 1. The second-order valence-electron chi connectivity index (χ2n) is 8.43. The molecule has 0 bridgehead atoms. The third-order valence-corrected chi connectivity index (χ3v) is 6.26. The van der Waals surface area contributed by atoms with Crippen molar-refractivity contribution in [2.24, 2.45) is 17.8 Å². The molecule has 0 radical (unpaired) electrons. The van der Waals surface area contributed by atoms with Gasteiger partial charge in [-0.1, -0.05) is 57.6 Å². The molecular weight excluding hydrogens is 370 g/mol. The number of carbonyl (C=O) groups is 1. The molecule has 29 heavy (non-hydrogen) atoms. The minimum atomic E-state index is -0.743. The molecule has 2 rings (SSSR count). The van der Waals surface area contributed by atoms with E-state index in [1.165, 1.54) is 0 Å². The van der Waals surface area contributed by atoms with Crippen LogP contribution in [0.1, 0.15) is 77.6 Å². The Morgan fingerprint density at radius 3 is 2.59 bits per heavy atom. The molecule has 0 aromatic carbocycles. The van der Waals surface area contributed by atoms with Gasteiger partial charge in [0.2, 0.25) is 0 Å². The fourth-order valence-corrected chi connectivity index (χ4v) is 4.73. The van der Waals surface area contributed by atoms with E-state index in [9.17, 15) is 15.2 Å². The van der Waals surface area contributed by atoms with Crippen LogP contribution in [0.15, 0.2) is 12.2 Å². The van der Waals surface area contributed by atoms with Crippen LogP contribution in [0, 0.1) is 29.1 Å². The first-order valence-corrected chi connectivity index (χ1v) is 11.3. The number of hydrogen-bond donors (Lipinski definition) is 2. The van der Waals surface area contributed by atoms with E-state index in [-0.39, 0.29) is 24.2 Å². The summed E-state index contributed by atoms with van der Waals surface area (Å²) in [5.74, 6) is -1.49. The second-order valence-corrected chi connectivity index (χ2v) is 8.43. The van der Waals surface area contributed by atoms with Gasteiger partial charge in [0.05, 0.1) is 31.3 Å². The number of carboxylic acid groups (broad SMARTS) is 1. The molecule has 164 valence electrons. The summed E-state index contributed by atoms with van der Waals surface area (Å²) in [7, 11) is 0. The number of rotatable bonds is 13. The molecule has 6 heteroatoms. The highest BCUT2D eigenvalue weighted by Gasteiger charge is 2.56. The van der Waals surface area contributed by atoms with Crippen molar-refractivity contribution >= 4 is 5.97 Å². The SMILES string of the molecule is CCCCC[C@@H](O)C=C[C@@H]1C(C#N)CC2(OCCO2)[C@@H]1CCCCCCC(=O)O. The van der Waals surface area contributed by atoms with Gasteiger partial charge in [-0.2, -0.15) is 5.26 Å². The van der Waals surface area contributed by atoms with Crippen LogP contribution in [0.25, 0.3) is 0 Å². The smallest absolute Gasteiger partial charge is 0.303 e. The van der Waals surface area contributed by atoms with Crippen molar-refractivity contribution in [3.05, 3.63) is 12.2 Å². The van der Waals surface area contributed by atoms with E-state index in [0.717, 1.165) is 51.4 Å². The van der Waals surface area contributed by atoms with Gasteiger partial charge in [-0.05, 0) is 19.3 Å². The van der Waals surface area contributed by atoms with Crippen molar-refractivity contribution in [1.29, 1.82) is 5.26 Å². The Labute approximate surface area is 174 Å². The first kappa shape index (κ1) is 23.9. The summed E-state index contributed by atoms with van der Waals surface area (Å²) in [4.78, 5) is 10.6. The van der Waals surface area contributed by atoms with Gasteiger partial charge < -0.3 is 19.7 Å². The molecule has 0 aromatic rings. The molecule has 2 aliphatic rings. The Bertz CT molecular complexity index is 564. The minimum absolute atomic E-state index is 0.0120. The summed E-state index contributed by atoms with van der Waals surface area (Å²) in [6, 6.07) is 2.44. The lowest BCUT2D eigenvalue weighted by Crippen LogP contribution is -2.36. The normalized spacial score (nSPS) is 26.9. The summed E-state index contributed by atoms with van der Waals surface area (Å²) < 4.78 is 12.0. The molecule has 2 fully saturated rings. The molecule has 1 saturated heterocycles. The third-order valence-electron chi connectivity index (χ3n) is 6.26. The van der Waals surface area contributed by atoms with Crippen LogP contribution in [0.3, 0.4) is 0 Å². The monoisotopic (exact) mass is 407 g/mol. The van der Waals surface area contributed by atoms with Crippen molar-refractivity contribution < 1.29 is 24.5 Å². The zero-order chi connectivity index (χ0) is 21.1. The number of aliphatic carboxylic acids is 1. The summed E-state index contributed by atoms with van der Waals surface area (Å²) >= 11 is 0. The number of unbranched alkanes of at least 4 members (excludes halogenated alkanes) is 5. The number of nitriles is 1. The van der Waals surface area contributed by atoms with Crippen LogP contribution in [0.4, 0.5) is 0 Å². The molecule has 1 heterocycles. The van der Waals surface area contributed by atoms with E-state index < -0.39 is 17.9 Å². The standard InChI is InChI=1S/C23H37NO5/c1-2-3-6-9-19(25)12-13-20-18(17-24)16-23(28-14-15-29-23)21(20)10-7-4-5-8-11-22(26)27/h12-13,18-21,25H,2-11,14-16H2,1H3,(H,26,27)/t18?,19-,20-,21-/m1/s1. The first-order valence-electron chi connectivity index (χ1n) is 11.3. The van der Waals surface area contributed by atoms with Crippen LogP contribution in [0.2, 0.25) is 0 Å². The van der Waals surface area contributed by atoms with Crippen LogP contribution in [-0.4, -0.2) is 41.3 Å². The maximum atomic E-state index is 10.6. The maximum Gasteiger partial charge on any atom is 0.303 e. The van der Waals surface area contributed by atoms with Gasteiger partial charge in [0.25, 0.3) is 0 Å². The summed E-state index contributed by atoms with van der Waals surface area (Å²) in [5.41, 5.74) is 0. The van der Waals surface area contributed by atoms with Crippen LogP contribution in [-0.2, 0) is 14.3 Å². The van der Waals surface area contributed by atoms with E-state index in [2.05, 4.69) is 13.0 Å². The summed E-state index contributed by atoms with van der Waals surface area (Å²) in [6.07, 6.45) is 12.6. The Morgan fingerprint density at radius 1 is 1.21 bits per heavy atom. The molecule has 1 spiro atoms. The van der Waals surface area contributed by atoms with Gasteiger partial charge in [-0.25, -0.2) is 0 Å². The zero-order valence-corrected chi connectivity index (χ0v) is 17.7. The van der Waals surface area contributed by atoms with Gasteiger partial charge in [-0.3, -0.25) is 4.79 Å². The van der Waals surface area contributed by atoms with E-state index in [4.69, 9.17) is 14.6 Å². The highest BCUT2D eigenvalue weighted by atomic mass is 16.7.